The number of rotatable bonds is 8. The number of hydrogen-bond donors (Lipinski definition) is 2. The van der Waals surface area contributed by atoms with Crippen molar-refractivity contribution in [2.75, 3.05) is 25.1 Å². The summed E-state index contributed by atoms with van der Waals surface area (Å²) < 4.78 is 5.29. The van der Waals surface area contributed by atoms with Gasteiger partial charge in [0.05, 0.1) is 7.11 Å². The first-order chi connectivity index (χ1) is 15.4. The molecule has 0 saturated carbocycles. The summed E-state index contributed by atoms with van der Waals surface area (Å²) in [5.41, 5.74) is 2.41. The summed E-state index contributed by atoms with van der Waals surface area (Å²) in [6, 6.07) is 14.5. The van der Waals surface area contributed by atoms with Gasteiger partial charge in [-0.05, 0) is 75.0 Å². The number of methoxy groups -OCH3 is 1. The van der Waals surface area contributed by atoms with E-state index in [4.69, 9.17) is 4.74 Å². The minimum atomic E-state index is -0.605. The molecule has 2 N–H and O–H groups in total. The van der Waals surface area contributed by atoms with Gasteiger partial charge < -0.3 is 20.3 Å². The van der Waals surface area contributed by atoms with Gasteiger partial charge in [-0.2, -0.15) is 0 Å². The van der Waals surface area contributed by atoms with E-state index in [2.05, 4.69) is 24.5 Å². The van der Waals surface area contributed by atoms with Crippen LogP contribution in [0.5, 0.6) is 5.75 Å². The van der Waals surface area contributed by atoms with E-state index >= 15 is 0 Å². The first kappa shape index (κ1) is 23.8. The Labute approximate surface area is 191 Å². The van der Waals surface area contributed by atoms with E-state index < -0.39 is 6.04 Å². The molecule has 2 aromatic rings. The van der Waals surface area contributed by atoms with Crippen LogP contribution >= 0.6 is 0 Å². The molecular formula is C26H35N3O3. The molecule has 6 nitrogen and oxygen atoms in total. The summed E-state index contributed by atoms with van der Waals surface area (Å²) in [6.45, 7) is 7.78. The van der Waals surface area contributed by atoms with Crippen LogP contribution in [0.4, 0.5) is 5.69 Å². The van der Waals surface area contributed by atoms with Crippen molar-refractivity contribution in [1.82, 2.24) is 10.6 Å². The van der Waals surface area contributed by atoms with Crippen LogP contribution in [0.2, 0.25) is 0 Å². The number of hydrogen-bond acceptors (Lipinski definition) is 4. The van der Waals surface area contributed by atoms with Gasteiger partial charge in [-0.25, -0.2) is 0 Å². The molecular weight excluding hydrogens is 402 g/mol. The Morgan fingerprint density at radius 3 is 2.53 bits per heavy atom. The molecule has 172 valence electrons. The molecule has 0 spiro atoms. The summed E-state index contributed by atoms with van der Waals surface area (Å²) in [5, 5.41) is 6.44. The van der Waals surface area contributed by atoms with E-state index in [1.807, 2.05) is 54.3 Å². The Morgan fingerprint density at radius 2 is 1.94 bits per heavy atom. The molecule has 1 aliphatic heterocycles. The fraction of sp³-hybridized carbons (Fsp3) is 0.462. The van der Waals surface area contributed by atoms with Crippen LogP contribution in [-0.4, -0.2) is 44.1 Å². The molecule has 0 aromatic heterocycles. The zero-order valence-electron chi connectivity index (χ0n) is 19.6. The van der Waals surface area contributed by atoms with Crippen molar-refractivity contribution in [2.45, 2.75) is 52.1 Å². The van der Waals surface area contributed by atoms with Gasteiger partial charge in [0.15, 0.2) is 0 Å². The Hall–Kier alpha value is -2.86. The van der Waals surface area contributed by atoms with Crippen molar-refractivity contribution >= 4 is 17.5 Å². The number of carbonyl (C=O) groups excluding carboxylic acids is 2. The number of piperidine rings is 1. The van der Waals surface area contributed by atoms with E-state index in [1.54, 1.807) is 13.2 Å². The SMILES string of the molecule is COc1ccc(N(C(=O)[C@H](CC(C)C)NC(=O)c2cccc(C)c2)[C@H]2CCCNC2)cc1. The molecule has 1 fully saturated rings. The summed E-state index contributed by atoms with van der Waals surface area (Å²) >= 11 is 0. The summed E-state index contributed by atoms with van der Waals surface area (Å²) in [4.78, 5) is 28.8. The monoisotopic (exact) mass is 437 g/mol. The molecule has 0 radical (unpaired) electrons. The van der Waals surface area contributed by atoms with Crippen LogP contribution in [0, 0.1) is 12.8 Å². The zero-order chi connectivity index (χ0) is 23.1. The lowest BCUT2D eigenvalue weighted by Gasteiger charge is -2.37. The predicted molar refractivity (Wildman–Crippen MR) is 128 cm³/mol. The van der Waals surface area contributed by atoms with Crippen molar-refractivity contribution in [3.8, 4) is 5.75 Å². The highest BCUT2D eigenvalue weighted by Crippen LogP contribution is 2.26. The smallest absolute Gasteiger partial charge is 0.251 e. The van der Waals surface area contributed by atoms with Crippen LogP contribution < -0.4 is 20.3 Å². The first-order valence-electron chi connectivity index (χ1n) is 11.4. The van der Waals surface area contributed by atoms with Gasteiger partial charge in [0.1, 0.15) is 11.8 Å². The first-order valence-corrected chi connectivity index (χ1v) is 11.4. The Balaban J connectivity index is 1.90. The van der Waals surface area contributed by atoms with Gasteiger partial charge in [-0.3, -0.25) is 9.59 Å². The molecule has 3 rings (SSSR count). The number of nitrogens with one attached hydrogen (secondary N) is 2. The van der Waals surface area contributed by atoms with Crippen LogP contribution in [0.1, 0.15) is 49.0 Å². The van der Waals surface area contributed by atoms with Crippen LogP contribution in [0.15, 0.2) is 48.5 Å². The largest absolute Gasteiger partial charge is 0.497 e. The number of nitrogens with zero attached hydrogens (tertiary/aromatic N) is 1. The summed E-state index contributed by atoms with van der Waals surface area (Å²) in [6.07, 6.45) is 2.50. The normalized spacial score (nSPS) is 17.0. The molecule has 0 unspecified atom stereocenters. The van der Waals surface area contributed by atoms with Gasteiger partial charge in [0.2, 0.25) is 5.91 Å². The molecule has 1 aliphatic rings. The molecule has 1 heterocycles. The number of anilines is 1. The van der Waals surface area contributed by atoms with Crippen LogP contribution in [-0.2, 0) is 4.79 Å². The maximum absolute atomic E-state index is 13.9. The lowest BCUT2D eigenvalue weighted by atomic mass is 9.98. The maximum Gasteiger partial charge on any atom is 0.251 e. The van der Waals surface area contributed by atoms with Crippen molar-refractivity contribution in [1.29, 1.82) is 0 Å². The zero-order valence-corrected chi connectivity index (χ0v) is 19.6. The van der Waals surface area contributed by atoms with E-state index in [0.29, 0.717) is 12.0 Å². The number of amides is 2. The van der Waals surface area contributed by atoms with Gasteiger partial charge in [0, 0.05) is 23.8 Å². The molecule has 1 saturated heterocycles. The number of carbonyl (C=O) groups is 2. The van der Waals surface area contributed by atoms with Crippen molar-refractivity contribution in [3.05, 3.63) is 59.7 Å². The third-order valence-corrected chi connectivity index (χ3v) is 5.81. The van der Waals surface area contributed by atoms with Gasteiger partial charge in [-0.1, -0.05) is 31.5 Å². The lowest BCUT2D eigenvalue weighted by Crippen LogP contribution is -2.56. The molecule has 32 heavy (non-hydrogen) atoms. The minimum Gasteiger partial charge on any atom is -0.497 e. The highest BCUT2D eigenvalue weighted by Gasteiger charge is 2.33. The van der Waals surface area contributed by atoms with Gasteiger partial charge in [0.25, 0.3) is 5.91 Å². The molecule has 0 aliphatic carbocycles. The number of benzene rings is 2. The van der Waals surface area contributed by atoms with Crippen molar-refractivity contribution in [3.63, 3.8) is 0 Å². The second kappa shape index (κ2) is 11.1. The average Bonchev–Trinajstić information content (AvgIpc) is 2.79. The highest BCUT2D eigenvalue weighted by atomic mass is 16.5. The Kier molecular flexibility index (Phi) is 8.28. The third kappa shape index (κ3) is 6.10. The third-order valence-electron chi connectivity index (χ3n) is 5.81. The van der Waals surface area contributed by atoms with Crippen LogP contribution in [0.25, 0.3) is 0 Å². The second-order valence-electron chi connectivity index (χ2n) is 8.93. The minimum absolute atomic E-state index is 0.0372. The fourth-order valence-electron chi connectivity index (χ4n) is 4.20. The van der Waals surface area contributed by atoms with E-state index in [0.717, 1.165) is 42.9 Å². The molecule has 2 amide bonds. The number of aryl methyl sites for hydroxylation is 1. The molecule has 2 atom stereocenters. The average molecular weight is 438 g/mol. The Bertz CT molecular complexity index is 905. The highest BCUT2D eigenvalue weighted by molar-refractivity contribution is 6.02. The van der Waals surface area contributed by atoms with Crippen molar-refractivity contribution < 1.29 is 14.3 Å². The molecule has 0 bridgehead atoms. The summed E-state index contributed by atoms with van der Waals surface area (Å²) in [5.74, 6) is 0.709. The Morgan fingerprint density at radius 1 is 1.19 bits per heavy atom. The quantitative estimate of drug-likeness (QED) is 0.656. The van der Waals surface area contributed by atoms with E-state index in [1.165, 1.54) is 0 Å². The maximum atomic E-state index is 13.9. The van der Waals surface area contributed by atoms with Gasteiger partial charge >= 0.3 is 0 Å². The second-order valence-corrected chi connectivity index (χ2v) is 8.93. The lowest BCUT2D eigenvalue weighted by molar-refractivity contribution is -0.121. The summed E-state index contributed by atoms with van der Waals surface area (Å²) in [7, 11) is 1.63. The molecule has 2 aromatic carbocycles. The standard InChI is InChI=1S/C26H35N3O3/c1-18(2)15-24(28-25(30)20-8-5-7-19(3)16-20)26(31)29(22-9-6-14-27-17-22)21-10-12-23(32-4)13-11-21/h5,7-8,10-13,16,18,22,24,27H,6,9,14-15,17H2,1-4H3,(H,28,30)/t22-,24-/m0/s1. The van der Waals surface area contributed by atoms with Gasteiger partial charge in [-0.15, -0.1) is 0 Å². The fourth-order valence-corrected chi connectivity index (χ4v) is 4.20. The topological polar surface area (TPSA) is 70.7 Å². The van der Waals surface area contributed by atoms with E-state index in [-0.39, 0.29) is 23.8 Å². The van der Waals surface area contributed by atoms with Crippen LogP contribution in [0.3, 0.4) is 0 Å². The molecule has 6 heteroatoms. The van der Waals surface area contributed by atoms with Crippen molar-refractivity contribution in [2.24, 2.45) is 5.92 Å². The van der Waals surface area contributed by atoms with E-state index in [9.17, 15) is 9.59 Å². The predicted octanol–water partition coefficient (Wildman–Crippen LogP) is 3.93. The number of ether oxygens (including phenoxy) is 1.